The molecule has 0 bridgehead atoms. The largest absolute Gasteiger partial charge is 0.493 e. The molecule has 2 atom stereocenters. The second-order valence-electron chi connectivity index (χ2n) is 8.32. The lowest BCUT2D eigenvalue weighted by atomic mass is 9.73. The van der Waals surface area contributed by atoms with Crippen LogP contribution in [0.2, 0.25) is 5.02 Å². The van der Waals surface area contributed by atoms with Crippen LogP contribution in [0, 0.1) is 0 Å². The van der Waals surface area contributed by atoms with Gasteiger partial charge in [0, 0.05) is 35.1 Å². The van der Waals surface area contributed by atoms with Gasteiger partial charge < -0.3 is 14.8 Å². The summed E-state index contributed by atoms with van der Waals surface area (Å²) >= 11 is 6.40. The molecule has 5 nitrogen and oxygen atoms in total. The summed E-state index contributed by atoms with van der Waals surface area (Å²) in [6.07, 6.45) is 1.22. The minimum atomic E-state index is -0.303. The number of hydrogen-bond donors (Lipinski definition) is 1. The maximum absolute atomic E-state index is 13.3. The number of Topliss-reactive ketones (excluding diaryl/α,β-unsaturated/α-hetero) is 1. The van der Waals surface area contributed by atoms with Gasteiger partial charge in [0.2, 0.25) is 5.91 Å². The summed E-state index contributed by atoms with van der Waals surface area (Å²) in [4.78, 5) is 25.7. The maximum Gasteiger partial charge on any atom is 0.225 e. The topological polar surface area (TPSA) is 64.6 Å². The van der Waals surface area contributed by atoms with Gasteiger partial charge in [0.25, 0.3) is 0 Å². The van der Waals surface area contributed by atoms with Crippen molar-refractivity contribution in [2.24, 2.45) is 0 Å². The molecule has 0 radical (unpaired) electrons. The van der Waals surface area contributed by atoms with Crippen LogP contribution in [0.1, 0.15) is 56.1 Å². The van der Waals surface area contributed by atoms with E-state index in [0.29, 0.717) is 40.6 Å². The summed E-state index contributed by atoms with van der Waals surface area (Å²) in [5.41, 5.74) is 3.22. The Hall–Kier alpha value is -2.79. The Morgan fingerprint density at radius 1 is 1.03 bits per heavy atom. The van der Waals surface area contributed by atoms with E-state index in [4.69, 9.17) is 21.1 Å². The number of carbonyl (C=O) groups excluding carboxylic acids is 2. The van der Waals surface area contributed by atoms with Crippen molar-refractivity contribution in [2.45, 2.75) is 51.0 Å². The van der Waals surface area contributed by atoms with Gasteiger partial charge >= 0.3 is 0 Å². The normalized spacial score (nSPS) is 21.1. The molecule has 1 aliphatic carbocycles. The molecule has 0 saturated carbocycles. The van der Waals surface area contributed by atoms with Crippen molar-refractivity contribution in [3.63, 3.8) is 0 Å². The standard InChI is InChI=1S/C25H26ClNO4/c1-14(2)31-22-9-8-15(12-23(22)30-3)16-10-20-25(21(28)11-16)18(13-24(29)27-20)17-6-4-5-7-19(17)26/h4-9,12,14,16,18H,10-11,13H2,1-3H3,(H,27,29)/t16-,18+/m0/s1. The Bertz CT molecular complexity index is 1060. The van der Waals surface area contributed by atoms with Crippen molar-refractivity contribution in [3.8, 4) is 11.5 Å². The van der Waals surface area contributed by atoms with Crippen LogP contribution < -0.4 is 14.8 Å². The van der Waals surface area contributed by atoms with E-state index < -0.39 is 0 Å². The van der Waals surface area contributed by atoms with E-state index in [-0.39, 0.29) is 36.1 Å². The minimum Gasteiger partial charge on any atom is -0.493 e. The number of ketones is 1. The van der Waals surface area contributed by atoms with Crippen LogP contribution in [0.3, 0.4) is 0 Å². The van der Waals surface area contributed by atoms with E-state index in [1.807, 2.05) is 50.2 Å². The average Bonchev–Trinajstić information content (AvgIpc) is 2.73. The van der Waals surface area contributed by atoms with Crippen LogP contribution in [0.5, 0.6) is 11.5 Å². The van der Waals surface area contributed by atoms with Crippen molar-refractivity contribution in [2.75, 3.05) is 7.11 Å². The first-order valence-corrected chi connectivity index (χ1v) is 10.9. The van der Waals surface area contributed by atoms with Crippen molar-refractivity contribution >= 4 is 23.3 Å². The molecule has 6 heteroatoms. The zero-order valence-corrected chi connectivity index (χ0v) is 18.7. The van der Waals surface area contributed by atoms with Crippen molar-refractivity contribution in [3.05, 3.63) is 69.9 Å². The minimum absolute atomic E-state index is 0.0305. The monoisotopic (exact) mass is 439 g/mol. The lowest BCUT2D eigenvalue weighted by molar-refractivity contribution is -0.122. The van der Waals surface area contributed by atoms with Crippen LogP contribution in [0.4, 0.5) is 0 Å². The number of hydrogen-bond acceptors (Lipinski definition) is 4. The summed E-state index contributed by atoms with van der Waals surface area (Å²) in [6.45, 7) is 3.92. The first-order chi connectivity index (χ1) is 14.9. The van der Waals surface area contributed by atoms with Gasteiger partial charge in [-0.1, -0.05) is 35.9 Å². The fourth-order valence-electron chi connectivity index (χ4n) is 4.51. The van der Waals surface area contributed by atoms with Crippen LogP contribution in [-0.4, -0.2) is 24.9 Å². The number of nitrogens with one attached hydrogen (secondary N) is 1. The van der Waals surface area contributed by atoms with E-state index >= 15 is 0 Å². The Morgan fingerprint density at radius 3 is 2.52 bits per heavy atom. The van der Waals surface area contributed by atoms with Gasteiger partial charge in [-0.25, -0.2) is 0 Å². The number of rotatable bonds is 5. The van der Waals surface area contributed by atoms with E-state index in [2.05, 4.69) is 5.32 Å². The summed E-state index contributed by atoms with van der Waals surface area (Å²) in [7, 11) is 1.61. The molecule has 1 N–H and O–H groups in total. The number of allylic oxidation sites excluding steroid dienone is 2. The predicted octanol–water partition coefficient (Wildman–Crippen LogP) is 5.14. The van der Waals surface area contributed by atoms with Gasteiger partial charge in [-0.15, -0.1) is 0 Å². The van der Waals surface area contributed by atoms with Crippen LogP contribution in [-0.2, 0) is 9.59 Å². The molecule has 0 fully saturated rings. The van der Waals surface area contributed by atoms with E-state index in [1.165, 1.54) is 0 Å². The number of methoxy groups -OCH3 is 1. The molecule has 0 unspecified atom stereocenters. The molecule has 0 aromatic heterocycles. The zero-order valence-electron chi connectivity index (χ0n) is 17.9. The number of halogens is 1. The molecule has 1 amide bonds. The van der Waals surface area contributed by atoms with Gasteiger partial charge in [0.1, 0.15) is 0 Å². The Morgan fingerprint density at radius 2 is 1.81 bits per heavy atom. The number of carbonyl (C=O) groups is 2. The summed E-state index contributed by atoms with van der Waals surface area (Å²) in [6, 6.07) is 13.2. The summed E-state index contributed by atoms with van der Waals surface area (Å²) in [5.74, 6) is 0.932. The van der Waals surface area contributed by atoms with Gasteiger partial charge in [-0.3, -0.25) is 9.59 Å². The van der Waals surface area contributed by atoms with Gasteiger partial charge in [-0.2, -0.15) is 0 Å². The molecular weight excluding hydrogens is 414 g/mol. The third-order valence-corrected chi connectivity index (χ3v) is 6.18. The SMILES string of the molecule is COc1cc([C@@H]2CC(=O)C3=C(C2)NC(=O)C[C@@H]3c2ccccc2Cl)ccc1OC(C)C. The predicted molar refractivity (Wildman–Crippen MR) is 120 cm³/mol. The third kappa shape index (κ3) is 4.33. The Balaban J connectivity index is 1.67. The number of benzene rings is 2. The highest BCUT2D eigenvalue weighted by molar-refractivity contribution is 6.31. The molecule has 4 rings (SSSR count). The molecule has 1 aliphatic heterocycles. The molecule has 162 valence electrons. The average molecular weight is 440 g/mol. The van der Waals surface area contributed by atoms with Crippen molar-refractivity contribution in [1.82, 2.24) is 5.32 Å². The first-order valence-electron chi connectivity index (χ1n) is 10.5. The second-order valence-corrected chi connectivity index (χ2v) is 8.73. The van der Waals surface area contributed by atoms with E-state index in [9.17, 15) is 9.59 Å². The molecule has 31 heavy (non-hydrogen) atoms. The first kappa shape index (κ1) is 21.4. The highest BCUT2D eigenvalue weighted by Gasteiger charge is 2.39. The quantitative estimate of drug-likeness (QED) is 0.700. The molecule has 0 spiro atoms. The smallest absolute Gasteiger partial charge is 0.225 e. The van der Waals surface area contributed by atoms with Crippen molar-refractivity contribution < 1.29 is 19.1 Å². The molecule has 2 aromatic carbocycles. The molecule has 0 saturated heterocycles. The lowest BCUT2D eigenvalue weighted by Gasteiger charge is -2.35. The van der Waals surface area contributed by atoms with Gasteiger partial charge in [0.15, 0.2) is 17.3 Å². The van der Waals surface area contributed by atoms with Crippen LogP contribution >= 0.6 is 11.6 Å². The molecule has 2 aromatic rings. The lowest BCUT2D eigenvalue weighted by Crippen LogP contribution is -2.38. The summed E-state index contributed by atoms with van der Waals surface area (Å²) in [5, 5.41) is 3.53. The van der Waals surface area contributed by atoms with E-state index in [0.717, 1.165) is 11.1 Å². The fraction of sp³-hybridized carbons (Fsp3) is 0.360. The highest BCUT2D eigenvalue weighted by atomic mass is 35.5. The fourth-order valence-corrected chi connectivity index (χ4v) is 4.78. The molecular formula is C25H26ClNO4. The number of amides is 1. The number of ether oxygens (including phenoxy) is 2. The zero-order chi connectivity index (χ0) is 22.1. The molecule has 2 aliphatic rings. The third-order valence-electron chi connectivity index (χ3n) is 5.84. The molecule has 1 heterocycles. The van der Waals surface area contributed by atoms with E-state index in [1.54, 1.807) is 13.2 Å². The Kier molecular flexibility index (Phi) is 6.05. The maximum atomic E-state index is 13.3. The van der Waals surface area contributed by atoms with Gasteiger partial charge in [-0.05, 0) is 55.5 Å². The van der Waals surface area contributed by atoms with Crippen LogP contribution in [0.15, 0.2) is 53.7 Å². The van der Waals surface area contributed by atoms with Crippen molar-refractivity contribution in [1.29, 1.82) is 0 Å². The second kappa shape index (κ2) is 8.75. The summed E-state index contributed by atoms with van der Waals surface area (Å²) < 4.78 is 11.3. The van der Waals surface area contributed by atoms with Crippen LogP contribution in [0.25, 0.3) is 0 Å². The van der Waals surface area contributed by atoms with Gasteiger partial charge in [0.05, 0.1) is 13.2 Å². The Labute approximate surface area is 187 Å². The highest BCUT2D eigenvalue weighted by Crippen LogP contribution is 2.45.